The average Bonchev–Trinajstić information content (AvgIpc) is 3.02. The van der Waals surface area contributed by atoms with Crippen LogP contribution < -0.4 is 14.6 Å². The van der Waals surface area contributed by atoms with Crippen molar-refractivity contribution in [1.82, 2.24) is 0 Å². The zero-order valence-corrected chi connectivity index (χ0v) is 14.0. The number of carbonyl (C=O) groups is 2. The van der Waals surface area contributed by atoms with Gasteiger partial charge in [0.05, 0.1) is 20.2 Å². The summed E-state index contributed by atoms with van der Waals surface area (Å²) in [5.74, 6) is -0.672. The average molecular weight is 352 g/mol. The molecule has 2 aromatic carbocycles. The number of carboxylic acid groups (broad SMARTS) is 1. The predicted molar refractivity (Wildman–Crippen MR) is 90.9 cm³/mol. The van der Waals surface area contributed by atoms with Crippen molar-refractivity contribution in [2.24, 2.45) is 4.99 Å². The zero-order valence-electron chi connectivity index (χ0n) is 14.0. The summed E-state index contributed by atoms with van der Waals surface area (Å²) in [6.07, 6.45) is 1.51. The summed E-state index contributed by atoms with van der Waals surface area (Å²) in [7, 11) is 3.03. The molecule has 0 saturated heterocycles. The van der Waals surface area contributed by atoms with E-state index in [0.29, 0.717) is 22.6 Å². The van der Waals surface area contributed by atoms with Crippen molar-refractivity contribution in [3.63, 3.8) is 0 Å². The number of cyclic esters (lactones) is 1. The van der Waals surface area contributed by atoms with E-state index in [9.17, 15) is 14.7 Å². The number of esters is 1. The van der Waals surface area contributed by atoms with Crippen molar-refractivity contribution in [2.75, 3.05) is 14.2 Å². The molecule has 26 heavy (non-hydrogen) atoms. The lowest BCUT2D eigenvalue weighted by molar-refractivity contribution is -0.255. The van der Waals surface area contributed by atoms with Crippen LogP contribution in [0.1, 0.15) is 21.5 Å². The smallest absolute Gasteiger partial charge is 0.363 e. The van der Waals surface area contributed by atoms with Gasteiger partial charge < -0.3 is 24.1 Å². The van der Waals surface area contributed by atoms with Crippen molar-refractivity contribution >= 4 is 23.9 Å². The van der Waals surface area contributed by atoms with Crippen LogP contribution in [0.4, 0.5) is 0 Å². The molecule has 0 aliphatic carbocycles. The number of hydrogen-bond donors (Lipinski definition) is 0. The van der Waals surface area contributed by atoms with Gasteiger partial charge in [-0.3, -0.25) is 0 Å². The highest BCUT2D eigenvalue weighted by molar-refractivity contribution is 6.13. The summed E-state index contributed by atoms with van der Waals surface area (Å²) < 4.78 is 15.6. The minimum Gasteiger partial charge on any atom is -0.545 e. The second kappa shape index (κ2) is 7.10. The highest BCUT2D eigenvalue weighted by Gasteiger charge is 2.25. The summed E-state index contributed by atoms with van der Waals surface area (Å²) in [5.41, 5.74) is 1.29. The van der Waals surface area contributed by atoms with Crippen LogP contribution in [0.25, 0.3) is 6.08 Å². The van der Waals surface area contributed by atoms with E-state index in [0.717, 1.165) is 0 Å². The Morgan fingerprint density at radius 2 is 1.69 bits per heavy atom. The molecule has 0 aromatic heterocycles. The molecule has 132 valence electrons. The molecule has 7 heteroatoms. The lowest BCUT2D eigenvalue weighted by Crippen LogP contribution is -2.21. The standard InChI is InChI=1S/C19H15NO6/c1-24-14-8-13(9-15(10-14)25-2)17-20-16(19(23)26-17)7-11-3-5-12(6-4-11)18(21)22/h3-10H,1-2H3,(H,21,22)/p-1/b16-7-. The Hall–Kier alpha value is -3.61. The molecule has 2 aromatic rings. The van der Waals surface area contributed by atoms with Gasteiger partial charge in [-0.25, -0.2) is 9.79 Å². The van der Waals surface area contributed by atoms with E-state index in [1.54, 1.807) is 30.3 Å². The van der Waals surface area contributed by atoms with Crippen LogP contribution in [0.3, 0.4) is 0 Å². The van der Waals surface area contributed by atoms with Crippen LogP contribution >= 0.6 is 0 Å². The SMILES string of the molecule is COc1cc(OC)cc(C2=N/C(=C\c3ccc(C(=O)[O-])cc3)C(=O)O2)c1. The maximum Gasteiger partial charge on any atom is 0.363 e. The summed E-state index contributed by atoms with van der Waals surface area (Å²) in [6, 6.07) is 10.9. The summed E-state index contributed by atoms with van der Waals surface area (Å²) in [4.78, 5) is 27.1. The van der Waals surface area contributed by atoms with Crippen LogP contribution in [0.2, 0.25) is 0 Å². The Balaban J connectivity index is 1.92. The number of hydrogen-bond acceptors (Lipinski definition) is 7. The third-order valence-corrected chi connectivity index (χ3v) is 3.67. The van der Waals surface area contributed by atoms with Gasteiger partial charge in [-0.2, -0.15) is 0 Å². The molecule has 1 aliphatic rings. The van der Waals surface area contributed by atoms with Crippen molar-refractivity contribution in [1.29, 1.82) is 0 Å². The molecule has 0 radical (unpaired) electrons. The number of benzene rings is 2. The molecule has 0 amide bonds. The van der Waals surface area contributed by atoms with Crippen LogP contribution in [-0.2, 0) is 9.53 Å². The second-order valence-corrected chi connectivity index (χ2v) is 5.35. The van der Waals surface area contributed by atoms with Crippen LogP contribution in [0.15, 0.2) is 53.2 Å². The monoisotopic (exact) mass is 352 g/mol. The van der Waals surface area contributed by atoms with Crippen LogP contribution in [0, 0.1) is 0 Å². The van der Waals surface area contributed by atoms with E-state index in [4.69, 9.17) is 14.2 Å². The highest BCUT2D eigenvalue weighted by atomic mass is 16.6. The first-order valence-corrected chi connectivity index (χ1v) is 7.57. The fourth-order valence-electron chi connectivity index (χ4n) is 2.34. The van der Waals surface area contributed by atoms with Gasteiger partial charge in [0.2, 0.25) is 5.90 Å². The fraction of sp³-hybridized carbons (Fsp3) is 0.105. The maximum absolute atomic E-state index is 12.1. The molecule has 1 heterocycles. The third-order valence-electron chi connectivity index (χ3n) is 3.67. The van der Waals surface area contributed by atoms with Gasteiger partial charge in [-0.1, -0.05) is 24.3 Å². The molecule has 0 atom stereocenters. The Labute approximate surface area is 149 Å². The van der Waals surface area contributed by atoms with Gasteiger partial charge in [-0.15, -0.1) is 0 Å². The normalized spacial score (nSPS) is 14.8. The number of aliphatic imine (C=N–C) groups is 1. The van der Waals surface area contributed by atoms with Crippen molar-refractivity contribution < 1.29 is 28.9 Å². The Morgan fingerprint density at radius 3 is 2.23 bits per heavy atom. The highest BCUT2D eigenvalue weighted by Crippen LogP contribution is 2.26. The first-order chi connectivity index (χ1) is 12.5. The van der Waals surface area contributed by atoms with Crippen molar-refractivity contribution in [2.45, 2.75) is 0 Å². The summed E-state index contributed by atoms with van der Waals surface area (Å²) >= 11 is 0. The number of carboxylic acids is 1. The van der Waals surface area contributed by atoms with Gasteiger partial charge >= 0.3 is 5.97 Å². The topological polar surface area (TPSA) is 97.3 Å². The van der Waals surface area contributed by atoms with Gasteiger partial charge in [0.1, 0.15) is 11.5 Å². The van der Waals surface area contributed by atoms with Crippen molar-refractivity contribution in [3.8, 4) is 11.5 Å². The number of nitrogens with zero attached hydrogens (tertiary/aromatic N) is 1. The zero-order chi connectivity index (χ0) is 18.7. The molecule has 0 N–H and O–H groups in total. The summed E-state index contributed by atoms with van der Waals surface area (Å²) in [5, 5.41) is 10.8. The number of rotatable bonds is 5. The molecule has 0 bridgehead atoms. The first kappa shape index (κ1) is 17.2. The van der Waals surface area contributed by atoms with E-state index in [2.05, 4.69) is 4.99 Å². The van der Waals surface area contributed by atoms with Gasteiger partial charge in [0.15, 0.2) is 5.70 Å². The number of carbonyl (C=O) groups excluding carboxylic acids is 2. The van der Waals surface area contributed by atoms with Crippen LogP contribution in [-0.4, -0.2) is 32.1 Å². The molecule has 0 fully saturated rings. The van der Waals surface area contributed by atoms with E-state index >= 15 is 0 Å². The molecule has 0 spiro atoms. The third kappa shape index (κ3) is 3.56. The van der Waals surface area contributed by atoms with E-state index in [1.807, 2.05) is 0 Å². The number of methoxy groups -OCH3 is 2. The first-order valence-electron chi connectivity index (χ1n) is 7.57. The second-order valence-electron chi connectivity index (χ2n) is 5.35. The number of ether oxygens (including phenoxy) is 3. The quantitative estimate of drug-likeness (QED) is 0.596. The molecular formula is C19H14NO6-. The van der Waals surface area contributed by atoms with Crippen molar-refractivity contribution in [3.05, 3.63) is 64.9 Å². The minimum atomic E-state index is -1.27. The number of aromatic carboxylic acids is 1. The molecule has 3 rings (SSSR count). The van der Waals surface area contributed by atoms with Crippen LogP contribution in [0.5, 0.6) is 11.5 Å². The van der Waals surface area contributed by atoms with E-state index < -0.39 is 11.9 Å². The Kier molecular flexibility index (Phi) is 4.70. The predicted octanol–water partition coefficient (Wildman–Crippen LogP) is 1.41. The van der Waals surface area contributed by atoms with E-state index in [1.165, 1.54) is 32.4 Å². The van der Waals surface area contributed by atoms with E-state index in [-0.39, 0.29) is 17.2 Å². The Morgan fingerprint density at radius 1 is 1.08 bits per heavy atom. The lowest BCUT2D eigenvalue weighted by atomic mass is 10.1. The summed E-state index contributed by atoms with van der Waals surface area (Å²) in [6.45, 7) is 0. The maximum atomic E-state index is 12.1. The molecule has 0 saturated carbocycles. The van der Waals surface area contributed by atoms with Gasteiger partial charge in [0.25, 0.3) is 0 Å². The Bertz CT molecular complexity index is 905. The molecular weight excluding hydrogens is 338 g/mol. The fourth-order valence-corrected chi connectivity index (χ4v) is 2.34. The molecule has 1 aliphatic heterocycles. The van der Waals surface area contributed by atoms with Gasteiger partial charge in [-0.05, 0) is 29.3 Å². The van der Waals surface area contributed by atoms with Gasteiger partial charge in [0, 0.05) is 11.6 Å². The largest absolute Gasteiger partial charge is 0.545 e. The minimum absolute atomic E-state index is 0.0498. The lowest BCUT2D eigenvalue weighted by Gasteiger charge is -2.07. The molecule has 7 nitrogen and oxygen atoms in total. The molecule has 0 unspecified atom stereocenters.